The van der Waals surface area contributed by atoms with Crippen LogP contribution in [-0.2, 0) is 28.6 Å². The molecular formula is C51H86O6. The van der Waals surface area contributed by atoms with Gasteiger partial charge in [-0.2, -0.15) is 0 Å². The van der Waals surface area contributed by atoms with Crippen molar-refractivity contribution in [1.29, 1.82) is 0 Å². The standard InChI is InChI=1S/C51H86O6/c1-4-7-10-13-16-19-22-25-27-29-32-35-38-41-44-50(53)56-47-48(46-55-49(52)43-40-37-34-31-28-24-21-18-15-12-9-6-3)57-51(54)45-42-39-36-33-30-26-23-20-17-14-11-8-5-2/h7,9-10,12,16,18-19,21,26,30,36,39,48H,4-6,8,11,13-15,17,20,22-25,27-29,31-35,37-38,40-47H2,1-3H3/b10-7-,12-9-,19-16-,21-18-,30-26-,39-36-. The average molecular weight is 795 g/mol. The maximum Gasteiger partial charge on any atom is 0.306 e. The molecule has 1 atom stereocenters. The zero-order chi connectivity index (χ0) is 41.5. The minimum Gasteiger partial charge on any atom is -0.462 e. The zero-order valence-electron chi connectivity index (χ0n) is 37.1. The highest BCUT2D eigenvalue weighted by Crippen LogP contribution is 2.13. The SMILES string of the molecule is CC/C=C\C/C=C\CCCCCCCCCC(=O)OCC(COC(=O)CCCCCCC/C=C\C/C=C\CC)OC(=O)CC/C=C\C/C=C\CCCCCCCC. The minimum absolute atomic E-state index is 0.107. The van der Waals surface area contributed by atoms with E-state index in [9.17, 15) is 14.4 Å². The zero-order valence-corrected chi connectivity index (χ0v) is 37.1. The van der Waals surface area contributed by atoms with Crippen LogP contribution in [0.4, 0.5) is 0 Å². The lowest BCUT2D eigenvalue weighted by Gasteiger charge is -2.18. The maximum absolute atomic E-state index is 12.7. The van der Waals surface area contributed by atoms with Gasteiger partial charge in [0.05, 0.1) is 0 Å². The van der Waals surface area contributed by atoms with Gasteiger partial charge in [-0.25, -0.2) is 0 Å². The Labute approximate surface area is 351 Å². The predicted molar refractivity (Wildman–Crippen MR) is 242 cm³/mol. The van der Waals surface area contributed by atoms with Gasteiger partial charge in [0.25, 0.3) is 0 Å². The second-order valence-electron chi connectivity index (χ2n) is 15.2. The molecule has 0 rings (SSSR count). The molecule has 0 saturated carbocycles. The van der Waals surface area contributed by atoms with E-state index in [0.717, 1.165) is 103 Å². The molecule has 0 aromatic carbocycles. The van der Waals surface area contributed by atoms with Crippen molar-refractivity contribution in [2.24, 2.45) is 0 Å². The Morgan fingerprint density at radius 2 is 0.719 bits per heavy atom. The number of unbranched alkanes of at least 4 members (excludes halogenated alkanes) is 18. The summed E-state index contributed by atoms with van der Waals surface area (Å²) in [6.07, 6.45) is 56.1. The van der Waals surface area contributed by atoms with E-state index in [4.69, 9.17) is 14.2 Å². The van der Waals surface area contributed by atoms with Crippen LogP contribution in [0.5, 0.6) is 0 Å². The van der Waals surface area contributed by atoms with E-state index in [1.54, 1.807) is 0 Å². The number of esters is 3. The lowest BCUT2D eigenvalue weighted by Crippen LogP contribution is -2.30. The third kappa shape index (κ3) is 43.8. The van der Waals surface area contributed by atoms with Crippen molar-refractivity contribution in [3.05, 3.63) is 72.9 Å². The average Bonchev–Trinajstić information content (AvgIpc) is 3.21. The number of rotatable bonds is 41. The lowest BCUT2D eigenvalue weighted by atomic mass is 10.1. The Kier molecular flexibility index (Phi) is 43.0. The smallest absolute Gasteiger partial charge is 0.306 e. The number of carbonyl (C=O) groups excluding carboxylic acids is 3. The Bertz CT molecular complexity index is 1100. The third-order valence-corrected chi connectivity index (χ3v) is 9.69. The van der Waals surface area contributed by atoms with E-state index in [1.165, 1.54) is 64.2 Å². The van der Waals surface area contributed by atoms with Gasteiger partial charge >= 0.3 is 17.9 Å². The fourth-order valence-corrected chi connectivity index (χ4v) is 6.22. The molecule has 0 heterocycles. The van der Waals surface area contributed by atoms with Crippen LogP contribution in [0.25, 0.3) is 0 Å². The summed E-state index contributed by atoms with van der Waals surface area (Å²) in [7, 11) is 0. The van der Waals surface area contributed by atoms with Crippen LogP contribution in [0.15, 0.2) is 72.9 Å². The Morgan fingerprint density at radius 1 is 0.368 bits per heavy atom. The van der Waals surface area contributed by atoms with Gasteiger partial charge in [-0.05, 0) is 89.9 Å². The van der Waals surface area contributed by atoms with E-state index in [0.29, 0.717) is 19.3 Å². The van der Waals surface area contributed by atoms with Crippen LogP contribution in [0, 0.1) is 0 Å². The van der Waals surface area contributed by atoms with Crippen LogP contribution in [0.2, 0.25) is 0 Å². The third-order valence-electron chi connectivity index (χ3n) is 9.69. The molecule has 6 nitrogen and oxygen atoms in total. The molecule has 0 aliphatic rings. The first-order valence-corrected chi connectivity index (χ1v) is 23.4. The fourth-order valence-electron chi connectivity index (χ4n) is 6.22. The Morgan fingerprint density at radius 3 is 1.12 bits per heavy atom. The largest absolute Gasteiger partial charge is 0.462 e. The van der Waals surface area contributed by atoms with Crippen LogP contribution < -0.4 is 0 Å². The first-order chi connectivity index (χ1) is 28.0. The van der Waals surface area contributed by atoms with Crippen LogP contribution in [-0.4, -0.2) is 37.2 Å². The highest BCUT2D eigenvalue weighted by Gasteiger charge is 2.19. The summed E-state index contributed by atoms with van der Waals surface area (Å²) in [5.41, 5.74) is 0. The van der Waals surface area contributed by atoms with Gasteiger partial charge in [0.1, 0.15) is 13.2 Å². The highest BCUT2D eigenvalue weighted by atomic mass is 16.6. The number of ether oxygens (including phenoxy) is 3. The van der Waals surface area contributed by atoms with Crippen LogP contribution in [0.3, 0.4) is 0 Å². The van der Waals surface area contributed by atoms with E-state index in [1.807, 2.05) is 6.08 Å². The summed E-state index contributed by atoms with van der Waals surface area (Å²) in [6.45, 7) is 6.33. The van der Waals surface area contributed by atoms with Gasteiger partial charge in [-0.15, -0.1) is 0 Å². The monoisotopic (exact) mass is 795 g/mol. The van der Waals surface area contributed by atoms with Crippen molar-refractivity contribution in [3.8, 4) is 0 Å². The molecule has 57 heavy (non-hydrogen) atoms. The molecule has 0 N–H and O–H groups in total. The van der Waals surface area contributed by atoms with Crippen molar-refractivity contribution >= 4 is 17.9 Å². The molecule has 0 saturated heterocycles. The van der Waals surface area contributed by atoms with E-state index in [-0.39, 0.29) is 37.5 Å². The van der Waals surface area contributed by atoms with E-state index < -0.39 is 6.10 Å². The Hall–Kier alpha value is -3.15. The van der Waals surface area contributed by atoms with Crippen LogP contribution in [0.1, 0.15) is 213 Å². The molecule has 1 unspecified atom stereocenters. The summed E-state index contributed by atoms with van der Waals surface area (Å²) in [6, 6.07) is 0. The quantitative estimate of drug-likeness (QED) is 0.0265. The molecule has 0 aromatic rings. The van der Waals surface area contributed by atoms with Gasteiger partial charge < -0.3 is 14.2 Å². The number of allylic oxidation sites excluding steroid dienone is 12. The molecule has 0 bridgehead atoms. The van der Waals surface area contributed by atoms with Crippen molar-refractivity contribution < 1.29 is 28.6 Å². The minimum atomic E-state index is -0.813. The van der Waals surface area contributed by atoms with Gasteiger partial charge in [-0.3, -0.25) is 14.4 Å². The fraction of sp³-hybridized carbons (Fsp3) is 0.706. The summed E-state index contributed by atoms with van der Waals surface area (Å²) in [5, 5.41) is 0. The summed E-state index contributed by atoms with van der Waals surface area (Å²) in [5.74, 6) is -1.00. The maximum atomic E-state index is 12.7. The van der Waals surface area contributed by atoms with Gasteiger partial charge in [-0.1, -0.05) is 177 Å². The van der Waals surface area contributed by atoms with Crippen molar-refractivity contribution in [2.45, 2.75) is 219 Å². The molecule has 326 valence electrons. The van der Waals surface area contributed by atoms with Gasteiger partial charge in [0.2, 0.25) is 0 Å². The lowest BCUT2D eigenvalue weighted by molar-refractivity contribution is -0.166. The first kappa shape index (κ1) is 53.9. The summed E-state index contributed by atoms with van der Waals surface area (Å²) < 4.78 is 16.6. The van der Waals surface area contributed by atoms with Crippen LogP contribution >= 0.6 is 0 Å². The second kappa shape index (κ2) is 45.6. The molecule has 0 radical (unpaired) electrons. The van der Waals surface area contributed by atoms with Crippen molar-refractivity contribution in [1.82, 2.24) is 0 Å². The normalized spacial score (nSPS) is 12.7. The Balaban J connectivity index is 4.48. The predicted octanol–water partition coefficient (Wildman–Crippen LogP) is 15.1. The van der Waals surface area contributed by atoms with E-state index >= 15 is 0 Å². The van der Waals surface area contributed by atoms with Crippen molar-refractivity contribution in [2.75, 3.05) is 13.2 Å². The molecule has 0 aliphatic carbocycles. The molecule has 6 heteroatoms. The molecule has 0 fully saturated rings. The molecule has 0 spiro atoms. The molecule has 0 amide bonds. The number of hydrogen-bond donors (Lipinski definition) is 0. The summed E-state index contributed by atoms with van der Waals surface area (Å²) >= 11 is 0. The highest BCUT2D eigenvalue weighted by molar-refractivity contribution is 5.71. The van der Waals surface area contributed by atoms with Gasteiger partial charge in [0.15, 0.2) is 6.10 Å². The second-order valence-corrected chi connectivity index (χ2v) is 15.2. The van der Waals surface area contributed by atoms with Gasteiger partial charge in [0, 0.05) is 19.3 Å². The van der Waals surface area contributed by atoms with E-state index in [2.05, 4.69) is 87.6 Å². The topological polar surface area (TPSA) is 78.9 Å². The first-order valence-electron chi connectivity index (χ1n) is 23.4. The molecule has 0 aromatic heterocycles. The molecular weight excluding hydrogens is 709 g/mol. The summed E-state index contributed by atoms with van der Waals surface area (Å²) in [4.78, 5) is 37.7. The molecule has 0 aliphatic heterocycles. The number of hydrogen-bond acceptors (Lipinski definition) is 6. The van der Waals surface area contributed by atoms with Crippen molar-refractivity contribution in [3.63, 3.8) is 0 Å². The number of carbonyl (C=O) groups is 3.